The van der Waals surface area contributed by atoms with Gasteiger partial charge in [-0.25, -0.2) is 14.9 Å². The third-order valence-electron chi connectivity index (χ3n) is 3.47. The second kappa shape index (κ2) is 5.14. The Hall–Kier alpha value is -2.47. The van der Waals surface area contributed by atoms with Crippen LogP contribution >= 0.6 is 0 Å². The minimum atomic E-state index is -0.822. The first-order valence-corrected chi connectivity index (χ1v) is 6.49. The number of hydroxylamine groups is 1. The molecule has 0 radical (unpaired) electrons. The molecule has 21 heavy (non-hydrogen) atoms. The molecule has 3 rings (SSSR count). The molecule has 0 atom stereocenters. The lowest BCUT2D eigenvalue weighted by Crippen LogP contribution is -2.20. The van der Waals surface area contributed by atoms with Crippen LogP contribution < -0.4 is 10.2 Å². The Morgan fingerprint density at radius 3 is 2.62 bits per heavy atom. The second-order valence-electron chi connectivity index (χ2n) is 4.91. The molecule has 1 aliphatic carbocycles. The topological polar surface area (TPSA) is 71.5 Å². The van der Waals surface area contributed by atoms with Crippen LogP contribution in [0.3, 0.4) is 0 Å². The molecule has 1 saturated carbocycles. The number of hydrogen-bond acceptors (Lipinski definition) is 4. The summed E-state index contributed by atoms with van der Waals surface area (Å²) in [6.07, 6.45) is 2.74. The van der Waals surface area contributed by atoms with Gasteiger partial charge in [0, 0.05) is 6.20 Å². The molecule has 6 heteroatoms. The number of carbonyl (C=O) groups is 1. The Bertz CT molecular complexity index is 672. The zero-order valence-corrected chi connectivity index (χ0v) is 11.0. The molecule has 5 nitrogen and oxygen atoms in total. The van der Waals surface area contributed by atoms with E-state index in [4.69, 9.17) is 9.94 Å². The highest BCUT2D eigenvalue weighted by molar-refractivity contribution is 5.93. The number of hydrogen-bond donors (Lipinski definition) is 2. The van der Waals surface area contributed by atoms with E-state index in [9.17, 15) is 9.18 Å². The van der Waals surface area contributed by atoms with E-state index in [1.165, 1.54) is 5.48 Å². The summed E-state index contributed by atoms with van der Waals surface area (Å²) in [6, 6.07) is 10.5. The van der Waals surface area contributed by atoms with Gasteiger partial charge in [-0.3, -0.25) is 10.0 Å². The minimum absolute atomic E-state index is 0.0769. The quantitative estimate of drug-likeness (QED) is 0.669. The number of nitrogens with zero attached hydrogens (tertiary/aromatic N) is 1. The first-order chi connectivity index (χ1) is 10.1. The number of pyridine rings is 1. The molecular formula is C15H13FN2O3. The van der Waals surface area contributed by atoms with Crippen molar-refractivity contribution >= 4 is 5.91 Å². The number of halogens is 1. The molecule has 0 saturated heterocycles. The monoisotopic (exact) mass is 288 g/mol. The summed E-state index contributed by atoms with van der Waals surface area (Å²) in [5, 5.41) is 8.51. The van der Waals surface area contributed by atoms with Gasteiger partial charge >= 0.3 is 0 Å². The molecule has 1 aromatic heterocycles. The van der Waals surface area contributed by atoms with Crippen molar-refractivity contribution < 1.29 is 19.1 Å². The van der Waals surface area contributed by atoms with Gasteiger partial charge < -0.3 is 4.74 Å². The molecule has 0 aliphatic heterocycles. The van der Waals surface area contributed by atoms with Crippen LogP contribution in [0.15, 0.2) is 42.6 Å². The Balaban J connectivity index is 1.84. The van der Waals surface area contributed by atoms with Crippen LogP contribution in [0, 0.1) is 5.82 Å². The Labute approximate surface area is 120 Å². The van der Waals surface area contributed by atoms with Gasteiger partial charge in [-0.05, 0) is 24.5 Å². The molecule has 1 fully saturated rings. The molecule has 0 bridgehead atoms. The van der Waals surface area contributed by atoms with Gasteiger partial charge in [0.1, 0.15) is 5.60 Å². The summed E-state index contributed by atoms with van der Waals surface area (Å²) < 4.78 is 19.7. The van der Waals surface area contributed by atoms with E-state index >= 15 is 0 Å². The minimum Gasteiger partial charge on any atom is -0.464 e. The van der Waals surface area contributed by atoms with Crippen molar-refractivity contribution in [2.24, 2.45) is 0 Å². The first-order valence-electron chi connectivity index (χ1n) is 6.49. The van der Waals surface area contributed by atoms with Gasteiger partial charge in [-0.1, -0.05) is 30.3 Å². The zero-order chi connectivity index (χ0) is 14.9. The van der Waals surface area contributed by atoms with Crippen LogP contribution in [0.25, 0.3) is 0 Å². The number of nitrogens with one attached hydrogen (secondary N) is 1. The van der Waals surface area contributed by atoms with E-state index in [-0.39, 0.29) is 11.4 Å². The Kier molecular flexibility index (Phi) is 3.31. The van der Waals surface area contributed by atoms with Gasteiger partial charge in [0.15, 0.2) is 5.82 Å². The van der Waals surface area contributed by atoms with Crippen molar-refractivity contribution in [3.05, 3.63) is 59.5 Å². The van der Waals surface area contributed by atoms with Gasteiger partial charge in [-0.2, -0.15) is 0 Å². The predicted octanol–water partition coefficient (Wildman–Crippen LogP) is 2.41. The highest BCUT2D eigenvalue weighted by Crippen LogP contribution is 2.49. The highest BCUT2D eigenvalue weighted by Gasteiger charge is 2.48. The van der Waals surface area contributed by atoms with E-state index in [2.05, 4.69) is 4.98 Å². The van der Waals surface area contributed by atoms with E-state index in [0.29, 0.717) is 0 Å². The van der Waals surface area contributed by atoms with Crippen LogP contribution in [0.5, 0.6) is 5.88 Å². The maximum atomic E-state index is 14.0. The zero-order valence-electron chi connectivity index (χ0n) is 11.0. The molecule has 1 heterocycles. The summed E-state index contributed by atoms with van der Waals surface area (Å²) in [7, 11) is 0. The fraction of sp³-hybridized carbons (Fsp3) is 0.200. The Morgan fingerprint density at radius 2 is 2.05 bits per heavy atom. The largest absolute Gasteiger partial charge is 0.464 e. The summed E-state index contributed by atoms with van der Waals surface area (Å²) in [6.45, 7) is 0. The lowest BCUT2D eigenvalue weighted by Gasteiger charge is -2.18. The number of aromatic nitrogens is 1. The van der Waals surface area contributed by atoms with Gasteiger partial charge in [-0.15, -0.1) is 0 Å². The Morgan fingerprint density at radius 1 is 1.33 bits per heavy atom. The predicted molar refractivity (Wildman–Crippen MR) is 71.4 cm³/mol. The molecule has 1 amide bonds. The van der Waals surface area contributed by atoms with Crippen molar-refractivity contribution in [1.29, 1.82) is 0 Å². The lowest BCUT2D eigenvalue weighted by molar-refractivity contribution is 0.0705. The normalized spacial score (nSPS) is 15.3. The molecule has 0 unspecified atom stereocenters. The summed E-state index contributed by atoms with van der Waals surface area (Å²) in [5.41, 5.74) is 1.79. The van der Waals surface area contributed by atoms with Crippen LogP contribution in [-0.2, 0) is 5.60 Å². The number of benzene rings is 1. The molecule has 108 valence electrons. The maximum absolute atomic E-state index is 14.0. The molecule has 2 aromatic rings. The van der Waals surface area contributed by atoms with Gasteiger partial charge in [0.2, 0.25) is 0 Å². The molecule has 0 spiro atoms. The molecule has 1 aliphatic rings. The highest BCUT2D eigenvalue weighted by atomic mass is 19.1. The average molecular weight is 288 g/mol. The summed E-state index contributed by atoms with van der Waals surface area (Å²) in [5.74, 6) is -1.71. The van der Waals surface area contributed by atoms with Gasteiger partial charge in [0.25, 0.3) is 11.8 Å². The van der Waals surface area contributed by atoms with Crippen LogP contribution in [0.2, 0.25) is 0 Å². The van der Waals surface area contributed by atoms with Crippen LogP contribution in [0.4, 0.5) is 4.39 Å². The number of carbonyl (C=O) groups excluding carboxylic acids is 1. The second-order valence-corrected chi connectivity index (χ2v) is 4.91. The fourth-order valence-electron chi connectivity index (χ4n) is 2.18. The lowest BCUT2D eigenvalue weighted by atomic mass is 10.1. The van der Waals surface area contributed by atoms with Crippen molar-refractivity contribution in [3.63, 3.8) is 0 Å². The molecule has 1 aromatic carbocycles. The van der Waals surface area contributed by atoms with E-state index in [0.717, 1.165) is 30.7 Å². The summed E-state index contributed by atoms with van der Waals surface area (Å²) >= 11 is 0. The average Bonchev–Trinajstić information content (AvgIpc) is 3.30. The SMILES string of the molecule is O=C(NO)c1cnc(OC2(c3ccccc3)CC2)c(F)c1. The number of ether oxygens (including phenoxy) is 1. The smallest absolute Gasteiger partial charge is 0.276 e. The van der Waals surface area contributed by atoms with Crippen LogP contribution in [0.1, 0.15) is 28.8 Å². The van der Waals surface area contributed by atoms with Crippen molar-refractivity contribution in [2.75, 3.05) is 0 Å². The maximum Gasteiger partial charge on any atom is 0.276 e. The van der Waals surface area contributed by atoms with E-state index in [1.807, 2.05) is 30.3 Å². The molecule has 2 N–H and O–H groups in total. The first kappa shape index (κ1) is 13.5. The molecular weight excluding hydrogens is 275 g/mol. The van der Waals surface area contributed by atoms with E-state index in [1.54, 1.807) is 0 Å². The fourth-order valence-corrected chi connectivity index (χ4v) is 2.18. The van der Waals surface area contributed by atoms with Crippen LogP contribution in [-0.4, -0.2) is 16.1 Å². The standard InChI is InChI=1S/C15H13FN2O3/c16-12-8-10(13(19)18-20)9-17-14(12)21-15(6-7-15)11-4-2-1-3-5-11/h1-5,8-9,20H,6-7H2,(H,18,19). The third kappa shape index (κ3) is 2.57. The number of rotatable bonds is 4. The van der Waals surface area contributed by atoms with E-state index < -0.39 is 17.3 Å². The van der Waals surface area contributed by atoms with Crippen molar-refractivity contribution in [2.45, 2.75) is 18.4 Å². The van der Waals surface area contributed by atoms with Gasteiger partial charge in [0.05, 0.1) is 5.56 Å². The summed E-state index contributed by atoms with van der Waals surface area (Å²) in [4.78, 5) is 15.0. The third-order valence-corrected chi connectivity index (χ3v) is 3.47. The van der Waals surface area contributed by atoms with Crippen molar-refractivity contribution in [1.82, 2.24) is 10.5 Å². The number of amides is 1. The van der Waals surface area contributed by atoms with Crippen molar-refractivity contribution in [3.8, 4) is 5.88 Å².